The fourth-order valence-corrected chi connectivity index (χ4v) is 2.85. The molecule has 1 aliphatic heterocycles. The van der Waals surface area contributed by atoms with Crippen molar-refractivity contribution in [2.45, 2.75) is 19.3 Å². The number of nitrogens with one attached hydrogen (secondary N) is 1. The first-order valence-corrected chi connectivity index (χ1v) is 6.45. The highest BCUT2D eigenvalue weighted by Crippen LogP contribution is 2.11. The highest BCUT2D eigenvalue weighted by atomic mass is 35.5. The van der Waals surface area contributed by atoms with Gasteiger partial charge in [0.1, 0.15) is 0 Å². The van der Waals surface area contributed by atoms with Gasteiger partial charge in [-0.25, -0.2) is 4.72 Å². The van der Waals surface area contributed by atoms with Gasteiger partial charge in [-0.05, 0) is 12.8 Å². The third-order valence-corrected chi connectivity index (χ3v) is 3.84. The molecule has 0 aromatic carbocycles. The maximum absolute atomic E-state index is 11.5. The first-order chi connectivity index (χ1) is 6.17. The molecule has 1 fully saturated rings. The van der Waals surface area contributed by atoms with Gasteiger partial charge in [0.15, 0.2) is 0 Å². The van der Waals surface area contributed by atoms with E-state index in [0.717, 1.165) is 19.3 Å². The van der Waals surface area contributed by atoms with Crippen molar-refractivity contribution in [2.75, 3.05) is 25.5 Å². The second kappa shape index (κ2) is 5.14. The third-order valence-electron chi connectivity index (χ3n) is 2.03. The Morgan fingerprint density at radius 2 is 1.85 bits per heavy atom. The van der Waals surface area contributed by atoms with Gasteiger partial charge < -0.3 is 0 Å². The van der Waals surface area contributed by atoms with Crippen LogP contribution in [0.25, 0.3) is 0 Å². The van der Waals surface area contributed by atoms with Crippen molar-refractivity contribution < 1.29 is 8.42 Å². The van der Waals surface area contributed by atoms with Crippen LogP contribution in [0.4, 0.5) is 0 Å². The standard InChI is InChI=1S/C7H15ClN2O2S/c8-4-5-9-13(11,12)10-6-2-1-3-7-10/h9H,1-7H2. The summed E-state index contributed by atoms with van der Waals surface area (Å²) in [7, 11) is -3.25. The van der Waals surface area contributed by atoms with Crippen LogP contribution in [0.2, 0.25) is 0 Å². The molecule has 1 aliphatic rings. The molecule has 0 amide bonds. The van der Waals surface area contributed by atoms with Gasteiger partial charge in [0.25, 0.3) is 10.2 Å². The highest BCUT2D eigenvalue weighted by Gasteiger charge is 2.22. The number of hydrogen-bond donors (Lipinski definition) is 1. The summed E-state index contributed by atoms with van der Waals surface area (Å²) in [4.78, 5) is 0. The molecule has 4 nitrogen and oxygen atoms in total. The fraction of sp³-hybridized carbons (Fsp3) is 1.00. The molecule has 0 atom stereocenters. The van der Waals surface area contributed by atoms with E-state index in [1.165, 1.54) is 4.31 Å². The molecule has 0 spiro atoms. The molecule has 1 rings (SSSR count). The van der Waals surface area contributed by atoms with E-state index in [9.17, 15) is 8.42 Å². The normalized spacial score (nSPS) is 20.4. The second-order valence-corrected chi connectivity index (χ2v) is 5.18. The van der Waals surface area contributed by atoms with Gasteiger partial charge in [-0.15, -0.1) is 11.6 Å². The van der Waals surface area contributed by atoms with E-state index in [4.69, 9.17) is 11.6 Å². The van der Waals surface area contributed by atoms with Gasteiger partial charge in [-0.3, -0.25) is 0 Å². The average Bonchev–Trinajstić information content (AvgIpc) is 2.16. The number of rotatable bonds is 4. The lowest BCUT2D eigenvalue weighted by Gasteiger charge is -2.25. The summed E-state index contributed by atoms with van der Waals surface area (Å²) in [6, 6.07) is 0. The molecule has 0 aromatic rings. The lowest BCUT2D eigenvalue weighted by molar-refractivity contribution is 0.342. The Morgan fingerprint density at radius 1 is 1.23 bits per heavy atom. The molecule has 0 aromatic heterocycles. The second-order valence-electron chi connectivity index (χ2n) is 3.05. The summed E-state index contributed by atoms with van der Waals surface area (Å²) in [6.45, 7) is 1.58. The maximum atomic E-state index is 11.5. The minimum Gasteiger partial charge on any atom is -0.201 e. The average molecular weight is 227 g/mol. The van der Waals surface area contributed by atoms with E-state index in [0.29, 0.717) is 25.5 Å². The molecule has 1 saturated heterocycles. The first-order valence-electron chi connectivity index (χ1n) is 4.47. The molecule has 1 N–H and O–H groups in total. The quantitative estimate of drug-likeness (QED) is 0.712. The zero-order valence-corrected chi connectivity index (χ0v) is 9.07. The smallest absolute Gasteiger partial charge is 0.201 e. The van der Waals surface area contributed by atoms with Crippen LogP contribution in [0.15, 0.2) is 0 Å². The van der Waals surface area contributed by atoms with Crippen molar-refractivity contribution in [2.24, 2.45) is 0 Å². The predicted octanol–water partition coefficient (Wildman–Crippen LogP) is 0.545. The zero-order chi connectivity index (χ0) is 9.73. The van der Waals surface area contributed by atoms with E-state index < -0.39 is 10.2 Å². The summed E-state index contributed by atoms with van der Waals surface area (Å²) in [5.41, 5.74) is 0. The fourth-order valence-electron chi connectivity index (χ4n) is 1.36. The van der Waals surface area contributed by atoms with Crippen molar-refractivity contribution in [1.29, 1.82) is 0 Å². The largest absolute Gasteiger partial charge is 0.279 e. The van der Waals surface area contributed by atoms with Crippen LogP contribution in [-0.2, 0) is 10.2 Å². The molecule has 0 aliphatic carbocycles. The lowest BCUT2D eigenvalue weighted by Crippen LogP contribution is -2.43. The van der Waals surface area contributed by atoms with Crippen molar-refractivity contribution in [3.8, 4) is 0 Å². The van der Waals surface area contributed by atoms with Gasteiger partial charge in [0, 0.05) is 25.5 Å². The zero-order valence-electron chi connectivity index (χ0n) is 7.50. The van der Waals surface area contributed by atoms with Crippen molar-refractivity contribution in [1.82, 2.24) is 9.03 Å². The van der Waals surface area contributed by atoms with Crippen LogP contribution in [0.3, 0.4) is 0 Å². The molecular weight excluding hydrogens is 212 g/mol. The Hall–Kier alpha value is 0.160. The minimum atomic E-state index is -3.25. The van der Waals surface area contributed by atoms with Gasteiger partial charge in [0.2, 0.25) is 0 Å². The molecule has 6 heteroatoms. The van der Waals surface area contributed by atoms with E-state index in [1.807, 2.05) is 0 Å². The number of alkyl halides is 1. The molecule has 0 unspecified atom stereocenters. The number of piperidine rings is 1. The van der Waals surface area contributed by atoms with Crippen LogP contribution in [0.1, 0.15) is 19.3 Å². The molecule has 78 valence electrons. The molecule has 0 bridgehead atoms. The summed E-state index contributed by atoms with van der Waals surface area (Å²) in [5.74, 6) is 0.313. The van der Waals surface area contributed by atoms with E-state index in [-0.39, 0.29) is 0 Å². The van der Waals surface area contributed by atoms with Crippen LogP contribution >= 0.6 is 11.6 Å². The minimum absolute atomic E-state index is 0.306. The van der Waals surface area contributed by atoms with Crippen LogP contribution < -0.4 is 4.72 Å². The molecule has 0 radical (unpaired) electrons. The molecule has 1 heterocycles. The Bertz CT molecular complexity index is 237. The number of halogens is 1. The Balaban J connectivity index is 2.47. The first kappa shape index (κ1) is 11.2. The number of nitrogens with zero attached hydrogens (tertiary/aromatic N) is 1. The van der Waals surface area contributed by atoms with Gasteiger partial charge >= 0.3 is 0 Å². The van der Waals surface area contributed by atoms with E-state index in [2.05, 4.69) is 4.72 Å². The highest BCUT2D eigenvalue weighted by molar-refractivity contribution is 7.87. The monoisotopic (exact) mass is 226 g/mol. The van der Waals surface area contributed by atoms with Crippen molar-refractivity contribution in [3.63, 3.8) is 0 Å². The van der Waals surface area contributed by atoms with Crippen LogP contribution in [-0.4, -0.2) is 38.2 Å². The Kier molecular flexibility index (Phi) is 4.45. The third kappa shape index (κ3) is 3.42. The topological polar surface area (TPSA) is 49.4 Å². The summed E-state index contributed by atoms with van der Waals surface area (Å²) >= 11 is 5.40. The Labute approximate surface area is 84.4 Å². The van der Waals surface area contributed by atoms with Gasteiger partial charge in [-0.2, -0.15) is 12.7 Å². The van der Waals surface area contributed by atoms with Gasteiger partial charge in [0.05, 0.1) is 0 Å². The lowest BCUT2D eigenvalue weighted by atomic mass is 10.2. The maximum Gasteiger partial charge on any atom is 0.279 e. The number of hydrogen-bond acceptors (Lipinski definition) is 2. The van der Waals surface area contributed by atoms with Gasteiger partial charge in [-0.1, -0.05) is 6.42 Å². The summed E-state index contributed by atoms with van der Waals surface area (Å²) in [5, 5.41) is 0. The molecule has 13 heavy (non-hydrogen) atoms. The van der Waals surface area contributed by atoms with Crippen LogP contribution in [0, 0.1) is 0 Å². The molecule has 0 saturated carbocycles. The SMILES string of the molecule is O=S(=O)(NCCCl)N1CCCCC1. The van der Waals surface area contributed by atoms with E-state index >= 15 is 0 Å². The summed E-state index contributed by atoms with van der Waals surface area (Å²) in [6.07, 6.45) is 3.05. The van der Waals surface area contributed by atoms with Crippen molar-refractivity contribution in [3.05, 3.63) is 0 Å². The summed E-state index contributed by atoms with van der Waals surface area (Å²) < 4.78 is 26.9. The van der Waals surface area contributed by atoms with Crippen LogP contribution in [0.5, 0.6) is 0 Å². The van der Waals surface area contributed by atoms with E-state index in [1.54, 1.807) is 0 Å². The Morgan fingerprint density at radius 3 is 2.38 bits per heavy atom. The predicted molar refractivity (Wildman–Crippen MR) is 53.1 cm³/mol. The van der Waals surface area contributed by atoms with Crippen molar-refractivity contribution >= 4 is 21.8 Å². The molecular formula is C7H15ClN2O2S.